The van der Waals surface area contributed by atoms with Gasteiger partial charge in [0.15, 0.2) is 0 Å². The Morgan fingerprint density at radius 3 is 3.06 bits per heavy atom. The number of hydrogen-bond donors (Lipinski definition) is 2. The van der Waals surface area contributed by atoms with E-state index in [2.05, 4.69) is 10.5 Å². The quantitative estimate of drug-likeness (QED) is 0.460. The number of rotatable bonds is 6. The maximum atomic E-state index is 13.1. The minimum Gasteiger partial charge on any atom is -0.377 e. The summed E-state index contributed by atoms with van der Waals surface area (Å²) in [6.45, 7) is 2.89. The van der Waals surface area contributed by atoms with Gasteiger partial charge >= 0.3 is 6.03 Å². The highest BCUT2D eigenvalue weighted by molar-refractivity contribution is 5.83. The monoisotopic (exact) mass is 253 g/mol. The molecule has 0 spiro atoms. The molecule has 0 saturated carbocycles. The van der Waals surface area contributed by atoms with Crippen LogP contribution < -0.4 is 11.2 Å². The van der Waals surface area contributed by atoms with Crippen LogP contribution in [-0.4, -0.2) is 18.9 Å². The van der Waals surface area contributed by atoms with E-state index in [0.29, 0.717) is 24.3 Å². The molecule has 1 aromatic rings. The van der Waals surface area contributed by atoms with Gasteiger partial charge in [-0.05, 0) is 24.1 Å². The van der Waals surface area contributed by atoms with E-state index < -0.39 is 6.03 Å². The van der Waals surface area contributed by atoms with Crippen LogP contribution in [0.15, 0.2) is 23.3 Å². The van der Waals surface area contributed by atoms with Crippen molar-refractivity contribution in [2.75, 3.05) is 6.61 Å². The first-order valence-electron chi connectivity index (χ1n) is 5.58. The van der Waals surface area contributed by atoms with E-state index >= 15 is 0 Å². The number of nitrogens with two attached hydrogens (primary N) is 1. The summed E-state index contributed by atoms with van der Waals surface area (Å²) in [5.74, 6) is -0.342. The Morgan fingerprint density at radius 2 is 2.39 bits per heavy atom. The molecular weight excluding hydrogens is 237 g/mol. The van der Waals surface area contributed by atoms with Crippen LogP contribution in [0.1, 0.15) is 24.5 Å². The fourth-order valence-corrected chi connectivity index (χ4v) is 1.32. The first-order valence-corrected chi connectivity index (χ1v) is 5.58. The molecule has 98 valence electrons. The van der Waals surface area contributed by atoms with E-state index in [-0.39, 0.29) is 5.82 Å². The van der Waals surface area contributed by atoms with Crippen LogP contribution in [0.4, 0.5) is 9.18 Å². The predicted octanol–water partition coefficient (Wildman–Crippen LogP) is 1.75. The van der Waals surface area contributed by atoms with E-state index in [1.165, 1.54) is 18.3 Å². The second-order valence-corrected chi connectivity index (χ2v) is 3.63. The maximum Gasteiger partial charge on any atom is 0.332 e. The number of halogens is 1. The van der Waals surface area contributed by atoms with E-state index in [1.54, 1.807) is 6.07 Å². The van der Waals surface area contributed by atoms with Crippen molar-refractivity contribution < 1.29 is 13.9 Å². The highest BCUT2D eigenvalue weighted by Crippen LogP contribution is 2.11. The molecule has 0 fully saturated rings. The number of amides is 2. The smallest absolute Gasteiger partial charge is 0.332 e. The molecule has 0 aliphatic rings. The summed E-state index contributed by atoms with van der Waals surface area (Å²) in [5, 5.41) is 3.63. The molecule has 0 aliphatic carbocycles. The van der Waals surface area contributed by atoms with Crippen molar-refractivity contribution in [3.8, 4) is 0 Å². The van der Waals surface area contributed by atoms with Crippen molar-refractivity contribution in [1.29, 1.82) is 0 Å². The number of nitrogens with one attached hydrogen (secondary N) is 1. The van der Waals surface area contributed by atoms with Gasteiger partial charge in [0.2, 0.25) is 0 Å². The number of hydrogen-bond acceptors (Lipinski definition) is 3. The molecule has 0 heterocycles. The molecule has 0 atom stereocenters. The maximum absolute atomic E-state index is 13.1. The number of ether oxygens (including phenoxy) is 1. The Hall–Kier alpha value is -1.95. The average Bonchev–Trinajstić information content (AvgIpc) is 2.32. The van der Waals surface area contributed by atoms with Crippen molar-refractivity contribution in [3.63, 3.8) is 0 Å². The number of primary amides is 1. The van der Waals surface area contributed by atoms with Crippen LogP contribution in [0.3, 0.4) is 0 Å². The van der Waals surface area contributed by atoms with Gasteiger partial charge in [0, 0.05) is 12.2 Å². The lowest BCUT2D eigenvalue weighted by Crippen LogP contribution is -2.24. The third kappa shape index (κ3) is 4.92. The van der Waals surface area contributed by atoms with Gasteiger partial charge < -0.3 is 10.5 Å². The average molecular weight is 253 g/mol. The summed E-state index contributed by atoms with van der Waals surface area (Å²) in [7, 11) is 0. The van der Waals surface area contributed by atoms with Crippen molar-refractivity contribution in [2.24, 2.45) is 10.8 Å². The summed E-state index contributed by atoms with van der Waals surface area (Å²) in [5.41, 5.74) is 8.28. The summed E-state index contributed by atoms with van der Waals surface area (Å²) in [6.07, 6.45) is 2.29. The molecule has 0 aromatic heterocycles. The zero-order valence-corrected chi connectivity index (χ0v) is 10.1. The standard InChI is InChI=1S/C12H16FN3O2/c1-2-5-18-8-10-6-11(13)4-3-9(10)7-15-16-12(14)17/h3-4,6-7H,2,5,8H2,1H3,(H3,14,16,17). The van der Waals surface area contributed by atoms with Crippen LogP contribution >= 0.6 is 0 Å². The zero-order chi connectivity index (χ0) is 13.4. The van der Waals surface area contributed by atoms with Crippen LogP contribution in [0.5, 0.6) is 0 Å². The van der Waals surface area contributed by atoms with Crippen LogP contribution in [-0.2, 0) is 11.3 Å². The second-order valence-electron chi connectivity index (χ2n) is 3.63. The molecule has 0 radical (unpaired) electrons. The largest absolute Gasteiger partial charge is 0.377 e. The topological polar surface area (TPSA) is 76.7 Å². The number of nitrogens with zero attached hydrogens (tertiary/aromatic N) is 1. The fraction of sp³-hybridized carbons (Fsp3) is 0.333. The number of carbonyl (C=O) groups excluding carboxylic acids is 1. The highest BCUT2D eigenvalue weighted by Gasteiger charge is 2.03. The Kier molecular flexibility index (Phi) is 5.79. The summed E-state index contributed by atoms with van der Waals surface area (Å²) in [6, 6.07) is 3.50. The van der Waals surface area contributed by atoms with Gasteiger partial charge in [-0.1, -0.05) is 13.0 Å². The van der Waals surface area contributed by atoms with Crippen molar-refractivity contribution >= 4 is 12.2 Å². The molecule has 2 amide bonds. The van der Waals surface area contributed by atoms with Crippen molar-refractivity contribution in [1.82, 2.24) is 5.43 Å². The zero-order valence-electron chi connectivity index (χ0n) is 10.1. The lowest BCUT2D eigenvalue weighted by atomic mass is 10.1. The minimum atomic E-state index is -0.753. The predicted molar refractivity (Wildman–Crippen MR) is 66.7 cm³/mol. The SMILES string of the molecule is CCCOCc1cc(F)ccc1C=NNC(N)=O. The molecule has 0 unspecified atom stereocenters. The van der Waals surface area contributed by atoms with Crippen LogP contribution in [0.25, 0.3) is 0 Å². The molecule has 18 heavy (non-hydrogen) atoms. The first kappa shape index (κ1) is 14.1. The number of urea groups is 1. The van der Waals surface area contributed by atoms with E-state index in [9.17, 15) is 9.18 Å². The van der Waals surface area contributed by atoms with Gasteiger partial charge in [-0.3, -0.25) is 0 Å². The summed E-state index contributed by atoms with van der Waals surface area (Å²) < 4.78 is 18.5. The molecule has 0 bridgehead atoms. The van der Waals surface area contributed by atoms with Gasteiger partial charge in [-0.25, -0.2) is 14.6 Å². The highest BCUT2D eigenvalue weighted by atomic mass is 19.1. The molecule has 5 nitrogen and oxygen atoms in total. The van der Waals surface area contributed by atoms with Gasteiger partial charge in [0.25, 0.3) is 0 Å². The third-order valence-corrected chi connectivity index (χ3v) is 2.09. The molecular formula is C12H16FN3O2. The lowest BCUT2D eigenvalue weighted by Gasteiger charge is -2.06. The minimum absolute atomic E-state index is 0.295. The van der Waals surface area contributed by atoms with Gasteiger partial charge in [0.05, 0.1) is 12.8 Å². The second kappa shape index (κ2) is 7.39. The molecule has 6 heteroatoms. The van der Waals surface area contributed by atoms with Crippen LogP contribution in [0.2, 0.25) is 0 Å². The Bertz CT molecular complexity index is 435. The normalized spacial score (nSPS) is 10.8. The lowest BCUT2D eigenvalue weighted by molar-refractivity contribution is 0.121. The number of carbonyl (C=O) groups is 1. The van der Waals surface area contributed by atoms with Gasteiger partial charge in [0.1, 0.15) is 5.82 Å². The number of benzene rings is 1. The fourth-order valence-electron chi connectivity index (χ4n) is 1.32. The van der Waals surface area contributed by atoms with E-state index in [1.807, 2.05) is 6.92 Å². The summed E-state index contributed by atoms with van der Waals surface area (Å²) >= 11 is 0. The Labute approximate surface area is 105 Å². The molecule has 3 N–H and O–H groups in total. The Balaban J connectivity index is 2.75. The van der Waals surface area contributed by atoms with Gasteiger partial charge in [-0.2, -0.15) is 5.10 Å². The Morgan fingerprint density at radius 1 is 1.61 bits per heavy atom. The van der Waals surface area contributed by atoms with Gasteiger partial charge in [-0.15, -0.1) is 0 Å². The summed E-state index contributed by atoms with van der Waals surface area (Å²) in [4.78, 5) is 10.5. The molecule has 0 saturated heterocycles. The van der Waals surface area contributed by atoms with Crippen LogP contribution in [0, 0.1) is 5.82 Å². The first-order chi connectivity index (χ1) is 8.63. The molecule has 0 aliphatic heterocycles. The van der Waals surface area contributed by atoms with E-state index in [0.717, 1.165) is 6.42 Å². The van der Waals surface area contributed by atoms with Crippen molar-refractivity contribution in [3.05, 3.63) is 35.1 Å². The molecule has 1 aromatic carbocycles. The molecule has 1 rings (SSSR count). The third-order valence-electron chi connectivity index (χ3n) is 2.09. The van der Waals surface area contributed by atoms with Crippen molar-refractivity contribution in [2.45, 2.75) is 20.0 Å². The van der Waals surface area contributed by atoms with E-state index in [4.69, 9.17) is 10.5 Å². The number of hydrazone groups is 1.